The number of carbonyl (C=O) groups is 1. The van der Waals surface area contributed by atoms with Crippen LogP contribution in [0.2, 0.25) is 0 Å². The van der Waals surface area contributed by atoms with Crippen molar-refractivity contribution in [1.82, 2.24) is 4.72 Å². The van der Waals surface area contributed by atoms with Gasteiger partial charge in [0.15, 0.2) is 0 Å². The smallest absolute Gasteiger partial charge is 0.335 e. The van der Waals surface area contributed by atoms with Gasteiger partial charge in [-0.2, -0.15) is 0 Å². The molecule has 0 amide bonds. The maximum absolute atomic E-state index is 12.3. The lowest BCUT2D eigenvalue weighted by atomic mass is 10.0. The Morgan fingerprint density at radius 3 is 2.38 bits per heavy atom. The molecule has 26 heavy (non-hydrogen) atoms. The molecule has 0 fully saturated rings. The molecule has 2 aromatic carbocycles. The molecule has 0 spiro atoms. The van der Waals surface area contributed by atoms with Crippen molar-refractivity contribution in [1.29, 1.82) is 0 Å². The summed E-state index contributed by atoms with van der Waals surface area (Å²) in [5.41, 5.74) is 1.79. The fourth-order valence-electron chi connectivity index (χ4n) is 2.38. The highest BCUT2D eigenvalue weighted by molar-refractivity contribution is 7.99. The van der Waals surface area contributed by atoms with E-state index in [0.717, 1.165) is 4.90 Å². The van der Waals surface area contributed by atoms with Crippen molar-refractivity contribution in [2.75, 3.05) is 12.3 Å². The van der Waals surface area contributed by atoms with Gasteiger partial charge < -0.3 is 5.11 Å². The van der Waals surface area contributed by atoms with E-state index >= 15 is 0 Å². The number of sulfonamides is 1. The molecule has 0 saturated carbocycles. The Hall–Kier alpha value is -1.83. The minimum atomic E-state index is -3.73. The van der Waals surface area contributed by atoms with Gasteiger partial charge in [0.1, 0.15) is 0 Å². The quantitative estimate of drug-likeness (QED) is 0.525. The molecule has 2 aromatic rings. The van der Waals surface area contributed by atoms with E-state index in [4.69, 9.17) is 5.11 Å². The first-order valence-corrected chi connectivity index (χ1v) is 10.7. The second-order valence-corrected chi connectivity index (χ2v) is 9.19. The van der Waals surface area contributed by atoms with Crippen molar-refractivity contribution in [3.63, 3.8) is 0 Å². The topological polar surface area (TPSA) is 83.5 Å². The Balaban J connectivity index is 1.94. The fourth-order valence-corrected chi connectivity index (χ4v) is 4.33. The maximum atomic E-state index is 12.3. The zero-order chi connectivity index (χ0) is 19.3. The van der Waals surface area contributed by atoms with E-state index in [0.29, 0.717) is 17.2 Å². The van der Waals surface area contributed by atoms with E-state index in [-0.39, 0.29) is 17.0 Å². The first kappa shape index (κ1) is 20.5. The number of carboxylic acids is 1. The number of carboxylic acid groups (broad SMARTS) is 1. The zero-order valence-electron chi connectivity index (χ0n) is 15.0. The third-order valence-corrected chi connectivity index (χ3v) is 6.43. The highest BCUT2D eigenvalue weighted by atomic mass is 32.2. The van der Waals surface area contributed by atoms with Crippen molar-refractivity contribution in [2.24, 2.45) is 0 Å². The van der Waals surface area contributed by atoms with Crippen molar-refractivity contribution >= 4 is 27.8 Å². The highest BCUT2D eigenvalue weighted by Gasteiger charge is 2.17. The zero-order valence-corrected chi connectivity index (χ0v) is 16.7. The Morgan fingerprint density at radius 2 is 1.81 bits per heavy atom. The summed E-state index contributed by atoms with van der Waals surface area (Å²) in [5, 5.41) is 9.13. The lowest BCUT2D eigenvalue weighted by Gasteiger charge is -2.09. The largest absolute Gasteiger partial charge is 0.478 e. The van der Waals surface area contributed by atoms with Crippen LogP contribution in [0.1, 0.15) is 41.3 Å². The molecule has 7 heteroatoms. The van der Waals surface area contributed by atoms with Crippen molar-refractivity contribution in [2.45, 2.75) is 36.5 Å². The normalized spacial score (nSPS) is 11.7. The van der Waals surface area contributed by atoms with Crippen molar-refractivity contribution in [3.8, 4) is 0 Å². The number of benzene rings is 2. The third-order valence-electron chi connectivity index (χ3n) is 3.96. The molecule has 0 radical (unpaired) electrons. The van der Waals surface area contributed by atoms with E-state index in [1.54, 1.807) is 18.7 Å². The van der Waals surface area contributed by atoms with Gasteiger partial charge in [0, 0.05) is 17.2 Å². The van der Waals surface area contributed by atoms with Crippen LogP contribution in [0, 0.1) is 6.92 Å². The van der Waals surface area contributed by atoms with Gasteiger partial charge in [-0.3, -0.25) is 0 Å². The summed E-state index contributed by atoms with van der Waals surface area (Å²) in [6.45, 7) is 6.17. The van der Waals surface area contributed by atoms with Gasteiger partial charge in [-0.15, -0.1) is 11.8 Å². The molecule has 140 valence electrons. The Bertz CT molecular complexity index is 875. The molecule has 2 N–H and O–H groups in total. The van der Waals surface area contributed by atoms with E-state index in [2.05, 4.69) is 30.7 Å². The van der Waals surface area contributed by atoms with Gasteiger partial charge in [0.25, 0.3) is 0 Å². The average Bonchev–Trinajstić information content (AvgIpc) is 2.59. The second kappa shape index (κ2) is 8.70. The molecular formula is C19H23NO4S2. The monoisotopic (exact) mass is 393 g/mol. The van der Waals surface area contributed by atoms with Gasteiger partial charge >= 0.3 is 5.97 Å². The second-order valence-electron chi connectivity index (χ2n) is 6.25. The van der Waals surface area contributed by atoms with Crippen LogP contribution in [0.4, 0.5) is 0 Å². The average molecular weight is 394 g/mol. The minimum absolute atomic E-state index is 0.00695. The number of aryl methyl sites for hydroxylation is 1. The molecule has 5 nitrogen and oxygen atoms in total. The summed E-state index contributed by atoms with van der Waals surface area (Å²) in [7, 11) is -3.73. The van der Waals surface area contributed by atoms with Gasteiger partial charge in [-0.05, 0) is 48.2 Å². The number of hydrogen-bond donors (Lipinski definition) is 2. The van der Waals surface area contributed by atoms with Gasteiger partial charge in [0.05, 0.1) is 10.5 Å². The van der Waals surface area contributed by atoms with Crippen molar-refractivity contribution < 1.29 is 18.3 Å². The molecule has 0 aliphatic rings. The molecule has 0 bridgehead atoms. The predicted octanol–water partition coefficient (Wildman–Crippen LogP) is 3.89. The number of rotatable bonds is 8. The number of hydrogen-bond acceptors (Lipinski definition) is 4. The van der Waals surface area contributed by atoms with E-state index in [1.165, 1.54) is 23.8 Å². The Morgan fingerprint density at radius 1 is 1.15 bits per heavy atom. The lowest BCUT2D eigenvalue weighted by molar-refractivity contribution is 0.0696. The maximum Gasteiger partial charge on any atom is 0.335 e. The third kappa shape index (κ3) is 5.33. The van der Waals surface area contributed by atoms with Crippen LogP contribution in [-0.2, 0) is 10.0 Å². The van der Waals surface area contributed by atoms with E-state index in [9.17, 15) is 13.2 Å². The molecule has 0 aliphatic heterocycles. The summed E-state index contributed by atoms with van der Waals surface area (Å²) in [5.74, 6) is -0.0798. The predicted molar refractivity (Wildman–Crippen MR) is 105 cm³/mol. The number of thioether (sulfide) groups is 1. The highest BCUT2D eigenvalue weighted by Crippen LogP contribution is 2.21. The van der Waals surface area contributed by atoms with Gasteiger partial charge in [-0.25, -0.2) is 17.9 Å². The first-order chi connectivity index (χ1) is 12.2. The lowest BCUT2D eigenvalue weighted by Crippen LogP contribution is -2.26. The van der Waals surface area contributed by atoms with Crippen LogP contribution in [0.3, 0.4) is 0 Å². The molecule has 0 aromatic heterocycles. The first-order valence-electron chi connectivity index (χ1n) is 8.27. The Kier molecular flexibility index (Phi) is 6.86. The van der Waals surface area contributed by atoms with Crippen LogP contribution in [0.5, 0.6) is 0 Å². The fraction of sp³-hybridized carbons (Fsp3) is 0.316. The molecule has 0 aliphatic carbocycles. The molecule has 0 heterocycles. The van der Waals surface area contributed by atoms with Gasteiger partial charge in [0.2, 0.25) is 10.0 Å². The van der Waals surface area contributed by atoms with Gasteiger partial charge in [-0.1, -0.05) is 32.0 Å². The minimum Gasteiger partial charge on any atom is -0.478 e. The molecule has 2 rings (SSSR count). The summed E-state index contributed by atoms with van der Waals surface area (Å²) in [6, 6.07) is 12.3. The number of nitrogens with one attached hydrogen (secondary N) is 1. The van der Waals surface area contributed by atoms with Crippen LogP contribution >= 0.6 is 11.8 Å². The summed E-state index contributed by atoms with van der Waals surface area (Å²) >= 11 is 1.57. The summed E-state index contributed by atoms with van der Waals surface area (Å²) in [4.78, 5) is 12.2. The molecule has 0 atom stereocenters. The number of aromatic carboxylic acids is 1. The summed E-state index contributed by atoms with van der Waals surface area (Å²) < 4.78 is 27.2. The molecule has 0 unspecified atom stereocenters. The van der Waals surface area contributed by atoms with Crippen LogP contribution in [0.25, 0.3) is 0 Å². The summed E-state index contributed by atoms with van der Waals surface area (Å²) in [6.07, 6.45) is 0. The standard InChI is InChI=1S/C19H23NO4S2/c1-13(2)15-5-7-16(8-6-15)25-11-10-20-26(23,24)17-9-4-14(3)18(12-17)19(21)22/h4-9,12-13,20H,10-11H2,1-3H3,(H,21,22). The van der Waals surface area contributed by atoms with E-state index < -0.39 is 16.0 Å². The van der Waals surface area contributed by atoms with Crippen LogP contribution in [0.15, 0.2) is 52.3 Å². The van der Waals surface area contributed by atoms with E-state index in [1.807, 2.05) is 12.1 Å². The van der Waals surface area contributed by atoms with Crippen LogP contribution < -0.4 is 4.72 Å². The van der Waals surface area contributed by atoms with Crippen molar-refractivity contribution in [3.05, 3.63) is 59.2 Å². The SMILES string of the molecule is Cc1ccc(S(=O)(=O)NCCSc2ccc(C(C)C)cc2)cc1C(=O)O. The Labute approximate surface area is 158 Å². The molecule has 0 saturated heterocycles. The van der Waals surface area contributed by atoms with Crippen LogP contribution in [-0.4, -0.2) is 31.8 Å². The molecular weight excluding hydrogens is 370 g/mol.